The van der Waals surface area contributed by atoms with Crippen molar-refractivity contribution >= 4 is 17.6 Å². The molecule has 0 bridgehead atoms. The number of esters is 2. The summed E-state index contributed by atoms with van der Waals surface area (Å²) in [6.07, 6.45) is 3.53. The standard InChI is InChI=1S/C21H24N2O6/c1-13-17(20(24)28-2)18(14-8-7-9-15(12-14)23(26)27)19(21(25)29-3)16-10-5-4-6-11-22(13)16/h7-9,12,18H,4-6,10-11H2,1-3H3. The number of nitro benzene ring substituents is 1. The summed E-state index contributed by atoms with van der Waals surface area (Å²) in [7, 11) is 2.58. The van der Waals surface area contributed by atoms with Gasteiger partial charge in [-0.15, -0.1) is 0 Å². The van der Waals surface area contributed by atoms with Crippen molar-refractivity contribution < 1.29 is 24.0 Å². The third-order valence-electron chi connectivity index (χ3n) is 5.53. The molecule has 1 saturated heterocycles. The van der Waals surface area contributed by atoms with Gasteiger partial charge in [0.05, 0.1) is 36.2 Å². The van der Waals surface area contributed by atoms with Crippen molar-refractivity contribution in [3.05, 3.63) is 62.5 Å². The second-order valence-corrected chi connectivity index (χ2v) is 7.09. The fourth-order valence-electron chi connectivity index (χ4n) is 4.20. The lowest BCUT2D eigenvalue weighted by Gasteiger charge is -2.38. The molecule has 1 fully saturated rings. The first-order valence-electron chi connectivity index (χ1n) is 9.53. The van der Waals surface area contributed by atoms with Crippen molar-refractivity contribution in [1.29, 1.82) is 0 Å². The fraction of sp³-hybridized carbons (Fsp3) is 0.429. The molecule has 0 N–H and O–H groups in total. The molecule has 1 unspecified atom stereocenters. The summed E-state index contributed by atoms with van der Waals surface area (Å²) in [6, 6.07) is 6.01. The second-order valence-electron chi connectivity index (χ2n) is 7.09. The van der Waals surface area contributed by atoms with Gasteiger partial charge in [-0.1, -0.05) is 18.6 Å². The Balaban J connectivity index is 2.30. The molecule has 154 valence electrons. The first-order chi connectivity index (χ1) is 13.9. The average molecular weight is 400 g/mol. The number of benzene rings is 1. The van der Waals surface area contributed by atoms with E-state index in [0.717, 1.165) is 25.0 Å². The van der Waals surface area contributed by atoms with E-state index in [2.05, 4.69) is 0 Å². The number of hydrogen-bond donors (Lipinski definition) is 0. The topological polar surface area (TPSA) is 99.0 Å². The van der Waals surface area contributed by atoms with E-state index >= 15 is 0 Å². The molecule has 1 aromatic carbocycles. The molecule has 2 aliphatic heterocycles. The maximum atomic E-state index is 12.9. The number of hydrogen-bond acceptors (Lipinski definition) is 7. The van der Waals surface area contributed by atoms with Crippen LogP contribution in [0.4, 0.5) is 5.69 Å². The summed E-state index contributed by atoms with van der Waals surface area (Å²) < 4.78 is 10.1. The number of non-ortho nitro benzene ring substituents is 1. The monoisotopic (exact) mass is 400 g/mol. The van der Waals surface area contributed by atoms with E-state index in [1.807, 2.05) is 11.8 Å². The van der Waals surface area contributed by atoms with Gasteiger partial charge in [0.1, 0.15) is 0 Å². The van der Waals surface area contributed by atoms with Crippen molar-refractivity contribution in [2.24, 2.45) is 0 Å². The number of carbonyl (C=O) groups excluding carboxylic acids is 2. The molecule has 1 atom stereocenters. The number of methoxy groups -OCH3 is 2. The van der Waals surface area contributed by atoms with E-state index in [9.17, 15) is 19.7 Å². The van der Waals surface area contributed by atoms with E-state index in [0.29, 0.717) is 35.4 Å². The van der Waals surface area contributed by atoms with Gasteiger partial charge in [0.2, 0.25) is 0 Å². The molecule has 2 heterocycles. The first kappa shape index (κ1) is 20.6. The van der Waals surface area contributed by atoms with Crippen LogP contribution in [0.2, 0.25) is 0 Å². The Bertz CT molecular complexity index is 918. The van der Waals surface area contributed by atoms with Crippen molar-refractivity contribution in [3.8, 4) is 0 Å². The number of allylic oxidation sites excluding steroid dienone is 2. The minimum Gasteiger partial charge on any atom is -0.466 e. The lowest BCUT2D eigenvalue weighted by atomic mass is 9.79. The quantitative estimate of drug-likeness (QED) is 0.434. The lowest BCUT2D eigenvalue weighted by Crippen LogP contribution is -2.35. The number of nitro groups is 1. The molecule has 0 aliphatic carbocycles. The molecule has 0 radical (unpaired) electrons. The fourth-order valence-corrected chi connectivity index (χ4v) is 4.20. The lowest BCUT2D eigenvalue weighted by molar-refractivity contribution is -0.384. The number of fused-ring (bicyclic) bond motifs is 1. The molecule has 8 heteroatoms. The highest BCUT2D eigenvalue weighted by molar-refractivity contribution is 6.00. The van der Waals surface area contributed by atoms with E-state index < -0.39 is 22.8 Å². The Kier molecular flexibility index (Phi) is 6.00. The largest absolute Gasteiger partial charge is 0.466 e. The molecular formula is C21H24N2O6. The Labute approximate surface area is 168 Å². The van der Waals surface area contributed by atoms with E-state index in [1.165, 1.54) is 26.4 Å². The molecule has 2 aliphatic rings. The Morgan fingerprint density at radius 2 is 1.79 bits per heavy atom. The molecule has 1 aromatic rings. The molecule has 0 aromatic heterocycles. The minimum atomic E-state index is -0.792. The van der Waals surface area contributed by atoms with Crippen molar-refractivity contribution in [2.75, 3.05) is 20.8 Å². The highest BCUT2D eigenvalue weighted by Crippen LogP contribution is 2.45. The molecule has 29 heavy (non-hydrogen) atoms. The normalized spacial score (nSPS) is 19.4. The SMILES string of the molecule is COC(=O)C1=C(C)N2CCCCCC2=C(C(=O)OC)C1c1cccc([N+](=O)[O-])c1. The van der Waals surface area contributed by atoms with Gasteiger partial charge in [0.25, 0.3) is 5.69 Å². The third-order valence-corrected chi connectivity index (χ3v) is 5.53. The predicted molar refractivity (Wildman–Crippen MR) is 105 cm³/mol. The highest BCUT2D eigenvalue weighted by Gasteiger charge is 2.41. The summed E-state index contributed by atoms with van der Waals surface area (Å²) in [5, 5.41) is 11.3. The number of rotatable bonds is 4. The van der Waals surface area contributed by atoms with Crippen LogP contribution in [0.15, 0.2) is 46.8 Å². The van der Waals surface area contributed by atoms with Crippen LogP contribution in [0.1, 0.15) is 44.1 Å². The van der Waals surface area contributed by atoms with Crippen LogP contribution in [0.25, 0.3) is 0 Å². The number of ether oxygens (including phenoxy) is 2. The van der Waals surface area contributed by atoms with Crippen molar-refractivity contribution in [3.63, 3.8) is 0 Å². The van der Waals surface area contributed by atoms with E-state index in [-0.39, 0.29) is 5.69 Å². The van der Waals surface area contributed by atoms with Crippen molar-refractivity contribution in [2.45, 2.75) is 38.5 Å². The van der Waals surface area contributed by atoms with E-state index in [4.69, 9.17) is 9.47 Å². The predicted octanol–water partition coefficient (Wildman–Crippen LogP) is 3.44. The van der Waals surface area contributed by atoms with Gasteiger partial charge in [-0.25, -0.2) is 9.59 Å². The van der Waals surface area contributed by atoms with Gasteiger partial charge in [-0.3, -0.25) is 10.1 Å². The van der Waals surface area contributed by atoms with Gasteiger partial charge in [0, 0.05) is 30.1 Å². The van der Waals surface area contributed by atoms with Crippen LogP contribution < -0.4 is 0 Å². The highest BCUT2D eigenvalue weighted by atomic mass is 16.6. The maximum Gasteiger partial charge on any atom is 0.336 e. The summed E-state index contributed by atoms with van der Waals surface area (Å²) in [6.45, 7) is 2.51. The smallest absolute Gasteiger partial charge is 0.336 e. The Morgan fingerprint density at radius 3 is 2.45 bits per heavy atom. The third kappa shape index (κ3) is 3.74. The van der Waals surface area contributed by atoms with Gasteiger partial charge in [0.15, 0.2) is 0 Å². The second kappa shape index (κ2) is 8.46. The zero-order valence-corrected chi connectivity index (χ0v) is 16.8. The van der Waals surface area contributed by atoms with Crippen LogP contribution in [0.5, 0.6) is 0 Å². The van der Waals surface area contributed by atoms with Crippen LogP contribution in [-0.2, 0) is 19.1 Å². The molecule has 0 saturated carbocycles. The molecule has 3 rings (SSSR count). The number of carbonyl (C=O) groups is 2. The minimum absolute atomic E-state index is 0.109. The van der Waals surface area contributed by atoms with Gasteiger partial charge in [-0.2, -0.15) is 0 Å². The van der Waals surface area contributed by atoms with Gasteiger partial charge >= 0.3 is 11.9 Å². The molecule has 8 nitrogen and oxygen atoms in total. The zero-order chi connectivity index (χ0) is 21.1. The van der Waals surface area contributed by atoms with Gasteiger partial charge < -0.3 is 14.4 Å². The number of nitrogens with zero attached hydrogens (tertiary/aromatic N) is 2. The molecular weight excluding hydrogens is 376 g/mol. The summed E-state index contributed by atoms with van der Waals surface area (Å²) in [5.41, 5.74) is 2.55. The van der Waals surface area contributed by atoms with Crippen LogP contribution >= 0.6 is 0 Å². The van der Waals surface area contributed by atoms with Gasteiger partial charge in [-0.05, 0) is 31.7 Å². The van der Waals surface area contributed by atoms with Crippen LogP contribution in [-0.4, -0.2) is 42.5 Å². The van der Waals surface area contributed by atoms with Crippen LogP contribution in [0.3, 0.4) is 0 Å². The Morgan fingerprint density at radius 1 is 1.10 bits per heavy atom. The summed E-state index contributed by atoms with van der Waals surface area (Å²) in [5.74, 6) is -1.90. The molecule has 0 spiro atoms. The summed E-state index contributed by atoms with van der Waals surface area (Å²) in [4.78, 5) is 38.5. The Hall–Kier alpha value is -3.16. The van der Waals surface area contributed by atoms with Crippen molar-refractivity contribution in [1.82, 2.24) is 4.90 Å². The summed E-state index contributed by atoms with van der Waals surface area (Å²) >= 11 is 0. The average Bonchev–Trinajstić information content (AvgIpc) is 2.99. The van der Waals surface area contributed by atoms with E-state index in [1.54, 1.807) is 12.1 Å². The zero-order valence-electron chi connectivity index (χ0n) is 16.8. The maximum absolute atomic E-state index is 12.9. The molecule has 0 amide bonds. The first-order valence-corrected chi connectivity index (χ1v) is 9.53. The van der Waals surface area contributed by atoms with Crippen LogP contribution in [0, 0.1) is 10.1 Å².